The molecule has 1 aliphatic rings. The molecule has 3 rings (SSSR count). The van der Waals surface area contributed by atoms with Crippen molar-refractivity contribution in [3.63, 3.8) is 0 Å². The average Bonchev–Trinajstić information content (AvgIpc) is 2.61. The Morgan fingerprint density at radius 3 is 2.67 bits per heavy atom. The van der Waals surface area contributed by atoms with E-state index < -0.39 is 10.0 Å². The fraction of sp³-hybridized carbons (Fsp3) is 0.333. The van der Waals surface area contributed by atoms with Crippen LogP contribution in [0.2, 0.25) is 5.02 Å². The average molecular weight is 366 g/mol. The van der Waals surface area contributed by atoms with Gasteiger partial charge in [0.15, 0.2) is 0 Å². The minimum Gasteiger partial charge on any atom is -0.493 e. The normalized spacial score (nSPS) is 19.1. The fourth-order valence-corrected chi connectivity index (χ4v) is 4.74. The summed E-state index contributed by atoms with van der Waals surface area (Å²) in [6.45, 7) is 1.53. The van der Waals surface area contributed by atoms with Crippen LogP contribution in [-0.2, 0) is 10.0 Å². The van der Waals surface area contributed by atoms with Gasteiger partial charge in [-0.3, -0.25) is 0 Å². The van der Waals surface area contributed by atoms with Gasteiger partial charge in [0.05, 0.1) is 11.5 Å². The summed E-state index contributed by atoms with van der Waals surface area (Å²) in [5.41, 5.74) is 0. The van der Waals surface area contributed by atoms with E-state index in [2.05, 4.69) is 0 Å². The lowest BCUT2D eigenvalue weighted by atomic mass is 10.0. The van der Waals surface area contributed by atoms with Gasteiger partial charge in [0.25, 0.3) is 0 Å². The van der Waals surface area contributed by atoms with Crippen molar-refractivity contribution in [1.82, 2.24) is 4.31 Å². The van der Waals surface area contributed by atoms with E-state index in [1.165, 1.54) is 6.07 Å². The zero-order chi connectivity index (χ0) is 17.0. The van der Waals surface area contributed by atoms with Crippen molar-refractivity contribution in [3.8, 4) is 5.75 Å². The molecule has 0 spiro atoms. The summed E-state index contributed by atoms with van der Waals surface area (Å²) in [4.78, 5) is 0.250. The summed E-state index contributed by atoms with van der Waals surface area (Å²) < 4.78 is 32.9. The highest BCUT2D eigenvalue weighted by atomic mass is 35.5. The summed E-state index contributed by atoms with van der Waals surface area (Å²) in [6, 6.07) is 16.0. The van der Waals surface area contributed by atoms with Gasteiger partial charge in [0.1, 0.15) is 5.75 Å². The second kappa shape index (κ2) is 7.55. The highest BCUT2D eigenvalue weighted by molar-refractivity contribution is 7.89. The first-order valence-corrected chi connectivity index (χ1v) is 9.81. The van der Waals surface area contributed by atoms with E-state index in [1.54, 1.807) is 22.5 Å². The molecular weight excluding hydrogens is 346 g/mol. The zero-order valence-corrected chi connectivity index (χ0v) is 14.8. The van der Waals surface area contributed by atoms with Gasteiger partial charge >= 0.3 is 0 Å². The topological polar surface area (TPSA) is 46.6 Å². The highest BCUT2D eigenvalue weighted by Crippen LogP contribution is 2.25. The molecule has 1 fully saturated rings. The minimum absolute atomic E-state index is 0.188. The monoisotopic (exact) mass is 365 g/mol. The van der Waals surface area contributed by atoms with Gasteiger partial charge < -0.3 is 4.74 Å². The number of nitrogens with zero attached hydrogens (tertiary/aromatic N) is 1. The van der Waals surface area contributed by atoms with E-state index in [0.29, 0.717) is 24.7 Å². The molecule has 24 heavy (non-hydrogen) atoms. The third kappa shape index (κ3) is 4.09. The molecule has 2 aromatic carbocycles. The van der Waals surface area contributed by atoms with Crippen LogP contribution in [0.15, 0.2) is 59.5 Å². The maximum atomic E-state index is 12.8. The van der Waals surface area contributed by atoms with E-state index >= 15 is 0 Å². The van der Waals surface area contributed by atoms with Gasteiger partial charge in [-0.05, 0) is 43.2 Å². The van der Waals surface area contributed by atoms with Gasteiger partial charge in [-0.1, -0.05) is 35.9 Å². The summed E-state index contributed by atoms with van der Waals surface area (Å²) >= 11 is 5.93. The zero-order valence-electron chi connectivity index (χ0n) is 13.3. The number of halogens is 1. The van der Waals surface area contributed by atoms with Gasteiger partial charge in [0.2, 0.25) is 10.0 Å². The maximum absolute atomic E-state index is 12.8. The molecule has 0 aromatic heterocycles. The molecule has 0 amide bonds. The second-order valence-corrected chi connectivity index (χ2v) is 8.33. The SMILES string of the molecule is O=S(=O)(c1cccc(Cl)c1)N1CCCC(COc2ccccc2)C1. The van der Waals surface area contributed by atoms with Crippen LogP contribution in [0.1, 0.15) is 12.8 Å². The molecule has 0 aliphatic carbocycles. The number of ether oxygens (including phenoxy) is 1. The van der Waals surface area contributed by atoms with Crippen LogP contribution < -0.4 is 4.74 Å². The van der Waals surface area contributed by atoms with Crippen LogP contribution in [0.4, 0.5) is 0 Å². The standard InChI is InChI=1S/C18H20ClNO3S/c19-16-7-4-10-18(12-16)24(21,22)20-11-5-6-15(13-20)14-23-17-8-2-1-3-9-17/h1-4,7-10,12,15H,5-6,11,13-14H2. The number of para-hydroxylation sites is 1. The quantitative estimate of drug-likeness (QED) is 0.809. The summed E-state index contributed by atoms with van der Waals surface area (Å²) in [7, 11) is -3.51. The van der Waals surface area contributed by atoms with Crippen molar-refractivity contribution in [2.24, 2.45) is 5.92 Å². The van der Waals surface area contributed by atoms with E-state index in [9.17, 15) is 8.42 Å². The molecular formula is C18H20ClNO3S. The van der Waals surface area contributed by atoms with Gasteiger partial charge in [-0.25, -0.2) is 8.42 Å². The van der Waals surface area contributed by atoms with E-state index in [-0.39, 0.29) is 10.8 Å². The smallest absolute Gasteiger partial charge is 0.243 e. The van der Waals surface area contributed by atoms with Crippen molar-refractivity contribution in [2.45, 2.75) is 17.7 Å². The van der Waals surface area contributed by atoms with Gasteiger partial charge in [-0.15, -0.1) is 0 Å². The van der Waals surface area contributed by atoms with Crippen LogP contribution in [0.5, 0.6) is 5.75 Å². The van der Waals surface area contributed by atoms with Crippen molar-refractivity contribution in [3.05, 3.63) is 59.6 Å². The van der Waals surface area contributed by atoms with E-state index in [0.717, 1.165) is 18.6 Å². The lowest BCUT2D eigenvalue weighted by molar-refractivity contribution is 0.180. The van der Waals surface area contributed by atoms with Crippen molar-refractivity contribution in [2.75, 3.05) is 19.7 Å². The third-order valence-electron chi connectivity index (χ3n) is 4.14. The highest BCUT2D eigenvalue weighted by Gasteiger charge is 2.30. The van der Waals surface area contributed by atoms with Crippen molar-refractivity contribution >= 4 is 21.6 Å². The summed E-state index contributed by atoms with van der Waals surface area (Å²) in [6.07, 6.45) is 1.80. The summed E-state index contributed by atoms with van der Waals surface area (Å²) in [5, 5.41) is 0.428. The second-order valence-electron chi connectivity index (χ2n) is 5.95. The molecule has 4 nitrogen and oxygen atoms in total. The van der Waals surface area contributed by atoms with Crippen LogP contribution >= 0.6 is 11.6 Å². The lowest BCUT2D eigenvalue weighted by Gasteiger charge is -2.31. The minimum atomic E-state index is -3.51. The van der Waals surface area contributed by atoms with Crippen LogP contribution in [0.3, 0.4) is 0 Å². The summed E-state index contributed by atoms with van der Waals surface area (Å²) in [5.74, 6) is 1.00. The van der Waals surface area contributed by atoms with Gasteiger partial charge in [0, 0.05) is 24.0 Å². The predicted molar refractivity (Wildman–Crippen MR) is 94.9 cm³/mol. The van der Waals surface area contributed by atoms with E-state index in [4.69, 9.17) is 16.3 Å². The Bertz CT molecular complexity index is 780. The number of sulfonamides is 1. The third-order valence-corrected chi connectivity index (χ3v) is 6.24. The lowest BCUT2D eigenvalue weighted by Crippen LogP contribution is -2.41. The largest absolute Gasteiger partial charge is 0.493 e. The van der Waals surface area contributed by atoms with Crippen LogP contribution in [0.25, 0.3) is 0 Å². The Kier molecular flexibility index (Phi) is 5.43. The first kappa shape index (κ1) is 17.3. The molecule has 1 saturated heterocycles. The van der Waals surface area contributed by atoms with E-state index in [1.807, 2.05) is 30.3 Å². The Morgan fingerprint density at radius 2 is 1.92 bits per heavy atom. The maximum Gasteiger partial charge on any atom is 0.243 e. The number of hydrogen-bond donors (Lipinski definition) is 0. The molecule has 128 valence electrons. The molecule has 0 radical (unpaired) electrons. The first-order chi connectivity index (χ1) is 11.6. The fourth-order valence-electron chi connectivity index (χ4n) is 2.89. The molecule has 2 aromatic rings. The Labute approximate surface area is 148 Å². The van der Waals surface area contributed by atoms with Gasteiger partial charge in [-0.2, -0.15) is 4.31 Å². The molecule has 0 saturated carbocycles. The van der Waals surface area contributed by atoms with Crippen LogP contribution in [-0.4, -0.2) is 32.4 Å². The Hall–Kier alpha value is -1.56. The van der Waals surface area contributed by atoms with Crippen LogP contribution in [0, 0.1) is 5.92 Å². The molecule has 1 atom stereocenters. The number of piperidine rings is 1. The Morgan fingerprint density at radius 1 is 1.12 bits per heavy atom. The van der Waals surface area contributed by atoms with Crippen molar-refractivity contribution in [1.29, 1.82) is 0 Å². The number of rotatable bonds is 5. The predicted octanol–water partition coefficient (Wildman–Crippen LogP) is 3.82. The molecule has 0 bridgehead atoms. The molecule has 0 N–H and O–H groups in total. The molecule has 1 heterocycles. The first-order valence-electron chi connectivity index (χ1n) is 7.99. The molecule has 1 unspecified atom stereocenters. The Balaban J connectivity index is 1.66. The number of hydrogen-bond acceptors (Lipinski definition) is 3. The molecule has 1 aliphatic heterocycles. The van der Waals surface area contributed by atoms with Crippen molar-refractivity contribution < 1.29 is 13.2 Å². The number of benzene rings is 2. The molecule has 6 heteroatoms.